The Labute approximate surface area is 121 Å². The Morgan fingerprint density at radius 3 is 2.71 bits per heavy atom. The number of benzene rings is 1. The van der Waals surface area contributed by atoms with Gasteiger partial charge in [0.1, 0.15) is 0 Å². The van der Waals surface area contributed by atoms with E-state index in [0.29, 0.717) is 16.1 Å². The molecule has 0 spiro atoms. The van der Waals surface area contributed by atoms with Gasteiger partial charge < -0.3 is 5.32 Å². The highest BCUT2D eigenvalue weighted by Crippen LogP contribution is 2.38. The molecule has 1 aromatic rings. The van der Waals surface area contributed by atoms with Gasteiger partial charge in [-0.15, -0.1) is 0 Å². The fraction of sp³-hybridized carbons (Fsp3) is 0.538. The molecule has 1 nitrogen and oxygen atoms in total. The van der Waals surface area contributed by atoms with Gasteiger partial charge in [0.2, 0.25) is 0 Å². The summed E-state index contributed by atoms with van der Waals surface area (Å²) in [5, 5.41) is 4.70. The van der Waals surface area contributed by atoms with Gasteiger partial charge in [-0.3, -0.25) is 0 Å². The van der Waals surface area contributed by atoms with E-state index in [-0.39, 0.29) is 0 Å². The second-order valence-electron chi connectivity index (χ2n) is 4.65. The minimum absolute atomic E-state index is 0.537. The molecule has 0 amide bonds. The van der Waals surface area contributed by atoms with Gasteiger partial charge in [-0.25, -0.2) is 0 Å². The fourth-order valence-corrected chi connectivity index (χ4v) is 3.26. The van der Waals surface area contributed by atoms with Crippen molar-refractivity contribution in [2.24, 2.45) is 5.92 Å². The van der Waals surface area contributed by atoms with E-state index in [2.05, 4.69) is 28.2 Å². The monoisotopic (exact) mass is 335 g/mol. The molecule has 94 valence electrons. The van der Waals surface area contributed by atoms with Crippen molar-refractivity contribution in [2.45, 2.75) is 38.6 Å². The molecule has 0 bridgehead atoms. The van der Waals surface area contributed by atoms with Crippen LogP contribution in [-0.2, 0) is 0 Å². The number of rotatable bonds is 3. The highest BCUT2D eigenvalue weighted by atomic mass is 79.9. The molecule has 1 aliphatic rings. The van der Waals surface area contributed by atoms with E-state index >= 15 is 0 Å². The SMILES string of the molecule is CCC1CCC(Nc2ccc(Br)c(Cl)c2Cl)C1. The minimum Gasteiger partial charge on any atom is -0.381 e. The summed E-state index contributed by atoms with van der Waals surface area (Å²) < 4.78 is 0.840. The molecular weight excluding hydrogens is 321 g/mol. The van der Waals surface area contributed by atoms with Crippen LogP contribution in [0.5, 0.6) is 0 Å². The Balaban J connectivity index is 2.07. The average molecular weight is 337 g/mol. The first kappa shape index (κ1) is 13.5. The third kappa shape index (κ3) is 3.10. The lowest BCUT2D eigenvalue weighted by molar-refractivity contribution is 0.525. The summed E-state index contributed by atoms with van der Waals surface area (Å²) in [5.74, 6) is 0.859. The number of nitrogens with one attached hydrogen (secondary N) is 1. The molecule has 0 heterocycles. The lowest BCUT2D eigenvalue weighted by atomic mass is 10.1. The smallest absolute Gasteiger partial charge is 0.0835 e. The Morgan fingerprint density at radius 1 is 1.29 bits per heavy atom. The second-order valence-corrected chi connectivity index (χ2v) is 6.26. The summed E-state index contributed by atoms with van der Waals surface area (Å²) in [7, 11) is 0. The first-order valence-electron chi connectivity index (χ1n) is 6.01. The summed E-state index contributed by atoms with van der Waals surface area (Å²) in [6, 6.07) is 4.45. The molecule has 0 aromatic heterocycles. The summed E-state index contributed by atoms with van der Waals surface area (Å²) in [6.45, 7) is 2.26. The van der Waals surface area contributed by atoms with Gasteiger partial charge in [-0.1, -0.05) is 36.5 Å². The first-order chi connectivity index (χ1) is 8.11. The predicted molar refractivity (Wildman–Crippen MR) is 79.2 cm³/mol. The molecule has 2 rings (SSSR count). The molecule has 17 heavy (non-hydrogen) atoms. The van der Waals surface area contributed by atoms with E-state index in [1.54, 1.807) is 0 Å². The van der Waals surface area contributed by atoms with E-state index in [1.165, 1.54) is 25.7 Å². The molecule has 2 unspecified atom stereocenters. The Bertz CT molecular complexity index is 409. The summed E-state index contributed by atoms with van der Waals surface area (Å²) in [5.41, 5.74) is 0.946. The molecule has 1 fully saturated rings. The van der Waals surface area contributed by atoms with Crippen molar-refractivity contribution in [1.82, 2.24) is 0 Å². The Kier molecular flexibility index (Phi) is 4.62. The van der Waals surface area contributed by atoms with Crippen LogP contribution in [0.3, 0.4) is 0 Å². The fourth-order valence-electron chi connectivity index (χ4n) is 2.43. The number of hydrogen-bond acceptors (Lipinski definition) is 1. The van der Waals surface area contributed by atoms with Crippen molar-refractivity contribution in [2.75, 3.05) is 5.32 Å². The highest BCUT2D eigenvalue weighted by Gasteiger charge is 2.23. The van der Waals surface area contributed by atoms with E-state index in [9.17, 15) is 0 Å². The van der Waals surface area contributed by atoms with Crippen LogP contribution in [0, 0.1) is 5.92 Å². The molecule has 0 aliphatic heterocycles. The van der Waals surface area contributed by atoms with Crippen LogP contribution < -0.4 is 5.32 Å². The van der Waals surface area contributed by atoms with Gasteiger partial charge in [-0.2, -0.15) is 0 Å². The van der Waals surface area contributed by atoms with Crippen molar-refractivity contribution < 1.29 is 0 Å². The van der Waals surface area contributed by atoms with Crippen molar-refractivity contribution in [3.05, 3.63) is 26.7 Å². The van der Waals surface area contributed by atoms with E-state index in [1.807, 2.05) is 12.1 Å². The first-order valence-corrected chi connectivity index (χ1v) is 7.56. The van der Waals surface area contributed by atoms with Crippen LogP contribution in [0.1, 0.15) is 32.6 Å². The Hall–Kier alpha value is 0.0800. The molecule has 0 radical (unpaired) electrons. The van der Waals surface area contributed by atoms with Crippen molar-refractivity contribution in [3.8, 4) is 0 Å². The third-order valence-electron chi connectivity index (χ3n) is 3.51. The number of anilines is 1. The lowest BCUT2D eigenvalue weighted by Crippen LogP contribution is -2.15. The molecule has 4 heteroatoms. The summed E-state index contributed by atoms with van der Waals surface area (Å²) >= 11 is 15.7. The standard InChI is InChI=1S/C13H16BrCl2N/c1-2-8-3-4-9(7-8)17-11-6-5-10(14)12(15)13(11)16/h5-6,8-9,17H,2-4,7H2,1H3. The van der Waals surface area contributed by atoms with Crippen LogP contribution >= 0.6 is 39.1 Å². The predicted octanol–water partition coefficient (Wildman–Crippen LogP) is 5.75. The van der Waals surface area contributed by atoms with Crippen LogP contribution in [-0.4, -0.2) is 6.04 Å². The lowest BCUT2D eigenvalue weighted by Gasteiger charge is -2.16. The largest absolute Gasteiger partial charge is 0.381 e. The normalized spacial score (nSPS) is 24.0. The maximum Gasteiger partial charge on any atom is 0.0835 e. The van der Waals surface area contributed by atoms with Gasteiger partial charge in [-0.05, 0) is 53.2 Å². The van der Waals surface area contributed by atoms with Crippen LogP contribution in [0.2, 0.25) is 10.0 Å². The van der Waals surface area contributed by atoms with E-state index < -0.39 is 0 Å². The van der Waals surface area contributed by atoms with E-state index in [4.69, 9.17) is 23.2 Å². The quantitative estimate of drug-likeness (QED) is 0.693. The zero-order valence-corrected chi connectivity index (χ0v) is 12.9. The molecule has 1 N–H and O–H groups in total. The van der Waals surface area contributed by atoms with Crippen molar-refractivity contribution in [3.63, 3.8) is 0 Å². The van der Waals surface area contributed by atoms with Gasteiger partial charge >= 0.3 is 0 Å². The van der Waals surface area contributed by atoms with Gasteiger partial charge in [0.15, 0.2) is 0 Å². The van der Waals surface area contributed by atoms with Gasteiger partial charge in [0, 0.05) is 10.5 Å². The molecule has 0 saturated heterocycles. The van der Waals surface area contributed by atoms with Crippen LogP contribution in [0.15, 0.2) is 16.6 Å². The molecule has 2 atom stereocenters. The zero-order chi connectivity index (χ0) is 12.4. The summed E-state index contributed by atoms with van der Waals surface area (Å²) in [6.07, 6.45) is 5.05. The average Bonchev–Trinajstić information content (AvgIpc) is 2.78. The number of hydrogen-bond donors (Lipinski definition) is 1. The zero-order valence-electron chi connectivity index (χ0n) is 9.77. The van der Waals surface area contributed by atoms with E-state index in [0.717, 1.165) is 16.1 Å². The molecule has 1 aliphatic carbocycles. The van der Waals surface area contributed by atoms with Crippen LogP contribution in [0.25, 0.3) is 0 Å². The van der Waals surface area contributed by atoms with Crippen molar-refractivity contribution >= 4 is 44.8 Å². The molecule has 1 aromatic carbocycles. The number of halogens is 3. The second kappa shape index (κ2) is 5.81. The maximum absolute atomic E-state index is 6.22. The highest BCUT2D eigenvalue weighted by molar-refractivity contribution is 9.10. The van der Waals surface area contributed by atoms with Crippen molar-refractivity contribution in [1.29, 1.82) is 0 Å². The Morgan fingerprint density at radius 2 is 2.06 bits per heavy atom. The topological polar surface area (TPSA) is 12.0 Å². The molecular formula is C13H16BrCl2N. The third-order valence-corrected chi connectivity index (χ3v) is 5.28. The minimum atomic E-state index is 0.537. The summed E-state index contributed by atoms with van der Waals surface area (Å²) in [4.78, 5) is 0. The van der Waals surface area contributed by atoms with Gasteiger partial charge in [0.25, 0.3) is 0 Å². The van der Waals surface area contributed by atoms with Crippen LogP contribution in [0.4, 0.5) is 5.69 Å². The maximum atomic E-state index is 6.22. The molecule has 1 saturated carbocycles. The van der Waals surface area contributed by atoms with Gasteiger partial charge in [0.05, 0.1) is 15.7 Å².